The van der Waals surface area contributed by atoms with Crippen molar-refractivity contribution in [2.45, 2.75) is 122 Å². The average molecular weight is 590 g/mol. The fourth-order valence-corrected chi connectivity index (χ4v) is 7.88. The predicted molar refractivity (Wildman–Crippen MR) is 158 cm³/mol. The number of rotatable bonds is 4. The second-order valence-corrected chi connectivity index (χ2v) is 19.7. The van der Waals surface area contributed by atoms with Gasteiger partial charge in [0.2, 0.25) is 0 Å². The van der Waals surface area contributed by atoms with E-state index in [1.54, 1.807) is 12.1 Å². The average Bonchev–Trinajstić information content (AvgIpc) is 3.15. The van der Waals surface area contributed by atoms with Crippen molar-refractivity contribution in [3.63, 3.8) is 0 Å². The van der Waals surface area contributed by atoms with Crippen LogP contribution in [0.2, 0.25) is 18.1 Å². The molecule has 1 aromatic heterocycles. The Balaban J connectivity index is 1.76. The highest BCUT2D eigenvalue weighted by molar-refractivity contribution is 6.74. The van der Waals surface area contributed by atoms with Crippen molar-refractivity contribution in [3.8, 4) is 0 Å². The van der Waals surface area contributed by atoms with E-state index < -0.39 is 31.8 Å². The highest BCUT2D eigenvalue weighted by Crippen LogP contribution is 2.59. The summed E-state index contributed by atoms with van der Waals surface area (Å²) in [4.78, 5) is 5.38. The molecule has 2 aliphatic heterocycles. The van der Waals surface area contributed by atoms with Crippen LogP contribution in [0.3, 0.4) is 0 Å². The third kappa shape index (κ3) is 5.54. The Hall–Kier alpha value is -1.74. The molecule has 2 aromatic rings. The van der Waals surface area contributed by atoms with E-state index in [9.17, 15) is 13.2 Å². The van der Waals surface area contributed by atoms with Crippen molar-refractivity contribution in [1.29, 1.82) is 0 Å². The maximum atomic E-state index is 13.4. The Labute approximate surface area is 244 Å². The Morgan fingerprint density at radius 1 is 1.00 bits per heavy atom. The molecule has 3 aliphatic rings. The van der Waals surface area contributed by atoms with Crippen molar-refractivity contribution in [2.75, 3.05) is 13.2 Å². The number of alkyl halides is 3. The molecule has 0 amide bonds. The molecule has 226 valence electrons. The topological polar surface area (TPSA) is 40.6 Å². The number of nitrogens with zero attached hydrogens (tertiary/aromatic N) is 1. The zero-order chi connectivity index (χ0) is 30.2. The summed E-state index contributed by atoms with van der Waals surface area (Å²) in [6.45, 7) is 21.4. The summed E-state index contributed by atoms with van der Waals surface area (Å²) in [5, 5.41) is 0.0405. The second-order valence-electron chi connectivity index (χ2n) is 14.9. The van der Waals surface area contributed by atoms with Crippen molar-refractivity contribution >= 4 is 8.32 Å². The minimum Gasteiger partial charge on any atom is -0.410 e. The summed E-state index contributed by atoms with van der Waals surface area (Å²) < 4.78 is 60.5. The highest BCUT2D eigenvalue weighted by atomic mass is 28.4. The fraction of sp³-hybridized carbons (Fsp3) is 0.667. The molecule has 0 N–H and O–H groups in total. The summed E-state index contributed by atoms with van der Waals surface area (Å²) >= 11 is 0. The molecule has 0 unspecified atom stereocenters. The van der Waals surface area contributed by atoms with Crippen molar-refractivity contribution in [1.82, 2.24) is 4.98 Å². The number of benzene rings is 1. The number of halogens is 3. The maximum absolute atomic E-state index is 13.4. The molecule has 1 aliphatic carbocycles. The maximum Gasteiger partial charge on any atom is 0.416 e. The lowest BCUT2D eigenvalue weighted by molar-refractivity contribution is -0.137. The van der Waals surface area contributed by atoms with Gasteiger partial charge in [-0.05, 0) is 65.6 Å². The normalized spacial score (nSPS) is 24.0. The number of fused-ring (bicyclic) bond motifs is 4. The Bertz CT molecular complexity index is 1290. The van der Waals surface area contributed by atoms with Gasteiger partial charge in [0.15, 0.2) is 8.32 Å². The Kier molecular flexibility index (Phi) is 7.62. The highest BCUT2D eigenvalue weighted by Gasteiger charge is 2.53. The number of hydrogen-bond donors (Lipinski definition) is 0. The molecule has 41 heavy (non-hydrogen) atoms. The van der Waals surface area contributed by atoms with E-state index in [1.165, 1.54) is 23.3 Å². The minimum atomic E-state index is -4.39. The van der Waals surface area contributed by atoms with Gasteiger partial charge < -0.3 is 13.9 Å². The van der Waals surface area contributed by atoms with Gasteiger partial charge in [0.1, 0.15) is 6.10 Å². The van der Waals surface area contributed by atoms with E-state index in [0.29, 0.717) is 26.1 Å². The van der Waals surface area contributed by atoms with Gasteiger partial charge in [-0.15, -0.1) is 0 Å². The second kappa shape index (κ2) is 10.2. The van der Waals surface area contributed by atoms with Crippen molar-refractivity contribution in [2.24, 2.45) is 5.41 Å². The summed E-state index contributed by atoms with van der Waals surface area (Å²) in [6.07, 6.45) is -1.87. The molecule has 0 radical (unpaired) electrons. The van der Waals surface area contributed by atoms with Gasteiger partial charge in [0.25, 0.3) is 0 Å². The van der Waals surface area contributed by atoms with Crippen molar-refractivity contribution in [3.05, 3.63) is 63.5 Å². The van der Waals surface area contributed by atoms with Crippen LogP contribution >= 0.6 is 0 Å². The first kappa shape index (κ1) is 30.7. The van der Waals surface area contributed by atoms with Crippen LogP contribution in [0.5, 0.6) is 0 Å². The van der Waals surface area contributed by atoms with Gasteiger partial charge >= 0.3 is 6.18 Å². The van der Waals surface area contributed by atoms with E-state index in [0.717, 1.165) is 35.4 Å². The Morgan fingerprint density at radius 2 is 1.61 bits per heavy atom. The van der Waals surface area contributed by atoms with Crippen LogP contribution in [-0.2, 0) is 32.1 Å². The molecule has 1 fully saturated rings. The van der Waals surface area contributed by atoms with Crippen LogP contribution in [-0.4, -0.2) is 26.5 Å². The molecule has 4 nitrogen and oxygen atoms in total. The first-order valence-electron chi connectivity index (χ1n) is 15.0. The number of hydrogen-bond acceptors (Lipinski definition) is 4. The molecular formula is C33H46F3NO3Si. The van der Waals surface area contributed by atoms with E-state index in [2.05, 4.69) is 61.6 Å². The number of pyridine rings is 1. The van der Waals surface area contributed by atoms with Crippen LogP contribution in [0.15, 0.2) is 24.3 Å². The summed E-state index contributed by atoms with van der Waals surface area (Å²) in [6, 6.07) is 5.48. The monoisotopic (exact) mass is 589 g/mol. The van der Waals surface area contributed by atoms with E-state index in [-0.39, 0.29) is 22.5 Å². The van der Waals surface area contributed by atoms with E-state index >= 15 is 0 Å². The molecule has 3 heterocycles. The SMILES string of the molecule is CC(C)c1nc2c(c3c1[C@H](c1ccc(C(F)(F)F)cc1)OC31CCOCC1)[C@@H](O[Si](C)(C)C(C)(C)C)CC(C)(C)C2. The molecule has 5 rings (SSSR count). The van der Waals surface area contributed by atoms with Crippen LogP contribution in [0.1, 0.15) is 125 Å². The van der Waals surface area contributed by atoms with E-state index in [4.69, 9.17) is 18.9 Å². The van der Waals surface area contributed by atoms with Gasteiger partial charge in [0, 0.05) is 48.6 Å². The first-order valence-corrected chi connectivity index (χ1v) is 17.9. The van der Waals surface area contributed by atoms with Gasteiger partial charge in [0.05, 0.1) is 17.3 Å². The number of ether oxygens (including phenoxy) is 2. The molecule has 2 atom stereocenters. The lowest BCUT2D eigenvalue weighted by Gasteiger charge is -2.46. The molecule has 0 bridgehead atoms. The lowest BCUT2D eigenvalue weighted by atomic mass is 9.70. The summed E-state index contributed by atoms with van der Waals surface area (Å²) in [5.74, 6) is 0.120. The molecular weight excluding hydrogens is 543 g/mol. The largest absolute Gasteiger partial charge is 0.416 e. The van der Waals surface area contributed by atoms with Gasteiger partial charge in [-0.2, -0.15) is 13.2 Å². The molecule has 1 spiro atoms. The molecule has 1 aromatic carbocycles. The van der Waals surface area contributed by atoms with Gasteiger partial charge in [-0.25, -0.2) is 0 Å². The zero-order valence-electron chi connectivity index (χ0n) is 26.1. The zero-order valence-corrected chi connectivity index (χ0v) is 27.1. The van der Waals surface area contributed by atoms with Crippen LogP contribution in [0.25, 0.3) is 0 Å². The van der Waals surface area contributed by atoms with Gasteiger partial charge in [-0.1, -0.05) is 60.6 Å². The molecule has 1 saturated heterocycles. The number of aromatic nitrogens is 1. The molecule has 0 saturated carbocycles. The standard InChI is InChI=1S/C33H46F3NO3Si/c1-20(2)28-26-27(25-23(37-28)18-31(6,7)19-24(25)40-41(8,9)30(3,4)5)32(14-16-38-17-15-32)39-29(26)21-10-12-22(13-11-21)33(34,35)36/h10-13,20,24,29H,14-19H2,1-9H3/t24-,29-/m0/s1. The predicted octanol–water partition coefficient (Wildman–Crippen LogP) is 9.38. The van der Waals surface area contributed by atoms with Gasteiger partial charge in [-0.3, -0.25) is 4.98 Å². The van der Waals surface area contributed by atoms with Crippen LogP contribution < -0.4 is 0 Å². The van der Waals surface area contributed by atoms with Crippen LogP contribution in [0.4, 0.5) is 13.2 Å². The smallest absolute Gasteiger partial charge is 0.410 e. The quantitative estimate of drug-likeness (QED) is 0.333. The summed E-state index contributed by atoms with van der Waals surface area (Å²) in [7, 11) is -2.16. The Morgan fingerprint density at radius 3 is 2.15 bits per heavy atom. The third-order valence-corrected chi connectivity index (χ3v) is 14.3. The van der Waals surface area contributed by atoms with E-state index in [1.807, 2.05) is 0 Å². The lowest BCUT2D eigenvalue weighted by Crippen LogP contribution is -2.45. The first-order chi connectivity index (χ1) is 18.9. The summed E-state index contributed by atoms with van der Waals surface area (Å²) in [5.41, 5.74) is 4.96. The molecule has 8 heteroatoms. The van der Waals surface area contributed by atoms with Crippen molar-refractivity contribution < 1.29 is 27.1 Å². The third-order valence-electron chi connectivity index (χ3n) is 9.78. The minimum absolute atomic E-state index is 0.0185. The van der Waals surface area contributed by atoms with Crippen LogP contribution in [0, 0.1) is 5.41 Å². The fourth-order valence-electron chi connectivity index (χ4n) is 6.62.